The summed E-state index contributed by atoms with van der Waals surface area (Å²) in [6.07, 6.45) is 1.03. The van der Waals surface area contributed by atoms with Gasteiger partial charge in [0.05, 0.1) is 19.5 Å². The van der Waals surface area contributed by atoms with Gasteiger partial charge >= 0.3 is 6.09 Å². The van der Waals surface area contributed by atoms with Gasteiger partial charge in [0.25, 0.3) is 0 Å². The summed E-state index contributed by atoms with van der Waals surface area (Å²) in [5.41, 5.74) is -0.468. The Kier molecular flexibility index (Phi) is 7.37. The van der Waals surface area contributed by atoms with Crippen molar-refractivity contribution in [2.45, 2.75) is 26.4 Å². The fraction of sp³-hybridized carbons (Fsp3) is 0.750. The van der Waals surface area contributed by atoms with Crippen molar-refractivity contribution in [2.24, 2.45) is 0 Å². The summed E-state index contributed by atoms with van der Waals surface area (Å²) in [5.74, 6) is 0. The lowest BCUT2D eigenvalue weighted by atomic mass is 10.2. The highest BCUT2D eigenvalue weighted by molar-refractivity contribution is 5.67. The van der Waals surface area contributed by atoms with E-state index in [2.05, 4.69) is 6.58 Å². The topological polar surface area (TPSA) is 48.0 Å². The molecule has 17 heavy (non-hydrogen) atoms. The van der Waals surface area contributed by atoms with Crippen LogP contribution in [0.15, 0.2) is 12.8 Å². The van der Waals surface area contributed by atoms with Crippen molar-refractivity contribution in [3.63, 3.8) is 0 Å². The second-order valence-corrected chi connectivity index (χ2v) is 4.55. The SMILES string of the molecule is C=COCCOCCN(C)C(=O)OC(C)(C)C. The third-order valence-corrected chi connectivity index (χ3v) is 1.74. The summed E-state index contributed by atoms with van der Waals surface area (Å²) < 4.78 is 15.3. The van der Waals surface area contributed by atoms with Gasteiger partial charge in [-0.2, -0.15) is 0 Å². The van der Waals surface area contributed by atoms with Crippen LogP contribution in [-0.4, -0.2) is 50.0 Å². The Balaban J connectivity index is 3.61. The van der Waals surface area contributed by atoms with Crippen LogP contribution in [0.2, 0.25) is 0 Å². The van der Waals surface area contributed by atoms with Gasteiger partial charge in [-0.15, -0.1) is 0 Å². The summed E-state index contributed by atoms with van der Waals surface area (Å²) in [6, 6.07) is 0. The highest BCUT2D eigenvalue weighted by Crippen LogP contribution is 2.08. The number of hydrogen-bond acceptors (Lipinski definition) is 4. The van der Waals surface area contributed by atoms with E-state index in [-0.39, 0.29) is 6.09 Å². The van der Waals surface area contributed by atoms with Crippen LogP contribution in [0.4, 0.5) is 4.79 Å². The lowest BCUT2D eigenvalue weighted by Crippen LogP contribution is -2.36. The molecule has 0 radical (unpaired) electrons. The van der Waals surface area contributed by atoms with Crippen molar-refractivity contribution < 1.29 is 19.0 Å². The van der Waals surface area contributed by atoms with Gasteiger partial charge in [0.2, 0.25) is 0 Å². The average molecular weight is 245 g/mol. The number of carbonyl (C=O) groups is 1. The van der Waals surface area contributed by atoms with E-state index >= 15 is 0 Å². The molecule has 0 aromatic carbocycles. The number of likely N-dealkylation sites (N-methyl/N-ethyl adjacent to an activating group) is 1. The molecule has 0 aliphatic heterocycles. The van der Waals surface area contributed by atoms with Crippen LogP contribution in [0.1, 0.15) is 20.8 Å². The maximum absolute atomic E-state index is 11.5. The lowest BCUT2D eigenvalue weighted by Gasteiger charge is -2.24. The minimum atomic E-state index is -0.468. The molecule has 0 N–H and O–H groups in total. The normalized spacial score (nSPS) is 10.8. The van der Waals surface area contributed by atoms with Crippen molar-refractivity contribution in [1.29, 1.82) is 0 Å². The highest BCUT2D eigenvalue weighted by atomic mass is 16.6. The van der Waals surface area contributed by atoms with Gasteiger partial charge in [0.15, 0.2) is 0 Å². The first-order chi connectivity index (χ1) is 7.87. The molecule has 0 atom stereocenters. The van der Waals surface area contributed by atoms with Crippen LogP contribution in [-0.2, 0) is 14.2 Å². The molecule has 1 amide bonds. The molecule has 0 heterocycles. The van der Waals surface area contributed by atoms with Gasteiger partial charge in [-0.25, -0.2) is 4.79 Å². The smallest absolute Gasteiger partial charge is 0.410 e. The van der Waals surface area contributed by atoms with Crippen LogP contribution in [0.5, 0.6) is 0 Å². The lowest BCUT2D eigenvalue weighted by molar-refractivity contribution is 0.0206. The van der Waals surface area contributed by atoms with Crippen LogP contribution in [0.25, 0.3) is 0 Å². The van der Waals surface area contributed by atoms with Gasteiger partial charge in [0, 0.05) is 13.6 Å². The number of rotatable bonds is 7. The first-order valence-electron chi connectivity index (χ1n) is 5.61. The molecule has 0 saturated carbocycles. The predicted molar refractivity (Wildman–Crippen MR) is 65.8 cm³/mol. The Morgan fingerprint density at radius 2 is 1.94 bits per heavy atom. The van der Waals surface area contributed by atoms with Crippen LogP contribution in [0, 0.1) is 0 Å². The molecule has 0 rings (SSSR count). The van der Waals surface area contributed by atoms with Crippen LogP contribution in [0.3, 0.4) is 0 Å². The van der Waals surface area contributed by atoms with E-state index < -0.39 is 5.60 Å². The summed E-state index contributed by atoms with van der Waals surface area (Å²) >= 11 is 0. The fourth-order valence-electron chi connectivity index (χ4n) is 0.925. The van der Waals surface area contributed by atoms with Crippen LogP contribution >= 0.6 is 0 Å². The third-order valence-electron chi connectivity index (χ3n) is 1.74. The number of carbonyl (C=O) groups excluding carboxylic acids is 1. The number of nitrogens with zero attached hydrogens (tertiary/aromatic N) is 1. The zero-order valence-corrected chi connectivity index (χ0v) is 11.2. The molecule has 0 aliphatic rings. The summed E-state index contributed by atoms with van der Waals surface area (Å²) in [5, 5.41) is 0. The van der Waals surface area contributed by atoms with Gasteiger partial charge in [-0.1, -0.05) is 6.58 Å². The highest BCUT2D eigenvalue weighted by Gasteiger charge is 2.19. The number of ether oxygens (including phenoxy) is 3. The Morgan fingerprint density at radius 3 is 2.47 bits per heavy atom. The minimum absolute atomic E-state index is 0.344. The summed E-state index contributed by atoms with van der Waals surface area (Å²) in [7, 11) is 1.68. The maximum atomic E-state index is 11.5. The molecule has 5 nitrogen and oxygen atoms in total. The van der Waals surface area contributed by atoms with E-state index in [1.807, 2.05) is 20.8 Å². The summed E-state index contributed by atoms with van der Waals surface area (Å²) in [6.45, 7) is 10.8. The van der Waals surface area contributed by atoms with Crippen molar-refractivity contribution in [1.82, 2.24) is 4.90 Å². The largest absolute Gasteiger partial charge is 0.499 e. The maximum Gasteiger partial charge on any atom is 0.410 e. The first-order valence-corrected chi connectivity index (χ1v) is 5.61. The second kappa shape index (κ2) is 7.95. The zero-order valence-electron chi connectivity index (χ0n) is 11.2. The molecular weight excluding hydrogens is 222 g/mol. The van der Waals surface area contributed by atoms with E-state index in [9.17, 15) is 4.79 Å². The molecule has 5 heteroatoms. The van der Waals surface area contributed by atoms with Crippen molar-refractivity contribution >= 4 is 6.09 Å². The second-order valence-electron chi connectivity index (χ2n) is 4.55. The summed E-state index contributed by atoms with van der Waals surface area (Å²) in [4.78, 5) is 13.0. The van der Waals surface area contributed by atoms with Gasteiger partial charge in [-0.3, -0.25) is 0 Å². The molecule has 0 unspecified atom stereocenters. The van der Waals surface area contributed by atoms with Gasteiger partial charge < -0.3 is 19.1 Å². The third kappa shape index (κ3) is 9.68. The predicted octanol–water partition coefficient (Wildman–Crippen LogP) is 2.03. The Morgan fingerprint density at radius 1 is 1.29 bits per heavy atom. The quantitative estimate of drug-likeness (QED) is 0.508. The Hall–Kier alpha value is -1.23. The molecule has 0 bridgehead atoms. The molecule has 0 saturated heterocycles. The van der Waals surface area contributed by atoms with E-state index in [1.165, 1.54) is 11.2 Å². The minimum Gasteiger partial charge on any atom is -0.499 e. The van der Waals surface area contributed by atoms with Crippen molar-refractivity contribution in [3.05, 3.63) is 12.8 Å². The number of amides is 1. The van der Waals surface area contributed by atoms with E-state index in [0.717, 1.165) is 0 Å². The molecule has 0 aliphatic carbocycles. The monoisotopic (exact) mass is 245 g/mol. The molecule has 0 fully saturated rings. The molecular formula is C12H23NO4. The Bertz CT molecular complexity index is 235. The molecule has 0 aromatic rings. The molecule has 100 valence electrons. The first kappa shape index (κ1) is 15.8. The van der Waals surface area contributed by atoms with E-state index in [4.69, 9.17) is 14.2 Å². The van der Waals surface area contributed by atoms with Gasteiger partial charge in [0.1, 0.15) is 12.2 Å². The van der Waals surface area contributed by atoms with Crippen molar-refractivity contribution in [2.75, 3.05) is 33.4 Å². The van der Waals surface area contributed by atoms with Crippen molar-refractivity contribution in [3.8, 4) is 0 Å². The van der Waals surface area contributed by atoms with E-state index in [1.54, 1.807) is 7.05 Å². The standard InChI is InChI=1S/C12H23NO4/c1-6-15-9-10-16-8-7-13(5)11(14)17-12(2,3)4/h6H,1,7-10H2,2-5H3. The zero-order chi connectivity index (χ0) is 13.3. The molecule has 0 spiro atoms. The fourth-order valence-corrected chi connectivity index (χ4v) is 0.925. The average Bonchev–Trinajstić information content (AvgIpc) is 2.20. The van der Waals surface area contributed by atoms with E-state index in [0.29, 0.717) is 26.4 Å². The van der Waals surface area contributed by atoms with Gasteiger partial charge in [-0.05, 0) is 20.8 Å². The number of hydrogen-bond donors (Lipinski definition) is 0. The molecule has 0 aromatic heterocycles. The van der Waals surface area contributed by atoms with Crippen LogP contribution < -0.4 is 0 Å². The Labute approximate surface area is 103 Å².